The molecule has 0 bridgehead atoms. The highest BCUT2D eigenvalue weighted by Gasteiger charge is 2.57. The summed E-state index contributed by atoms with van der Waals surface area (Å²) in [5.41, 5.74) is -3.02. The lowest BCUT2D eigenvalue weighted by atomic mass is 9.93. The first-order valence-electron chi connectivity index (χ1n) is 12.6. The fourth-order valence-corrected chi connectivity index (χ4v) is 3.47. The summed E-state index contributed by atoms with van der Waals surface area (Å²) in [5.74, 6) is -2.93. The molecule has 10 nitrogen and oxygen atoms in total. The van der Waals surface area contributed by atoms with Crippen LogP contribution in [-0.2, 0) is 42.9 Å². The Morgan fingerprint density at radius 3 is 1.57 bits per heavy atom. The minimum Gasteiger partial charge on any atom is -0.467 e. The van der Waals surface area contributed by atoms with E-state index in [0.29, 0.717) is 0 Å². The fraction of sp³-hybridized carbons (Fsp3) is 0.643. The molecule has 40 heavy (non-hydrogen) atoms. The smallest absolute Gasteiger partial charge is 0.339 e. The molecule has 1 heterocycles. The van der Waals surface area contributed by atoms with Crippen molar-refractivity contribution >= 4 is 47.1 Å². The molecule has 1 aromatic rings. The molecule has 2 rings (SSSR count). The highest BCUT2D eigenvalue weighted by Crippen LogP contribution is 2.36. The topological polar surface area (TPSA) is 124 Å². The lowest BCUT2D eigenvalue weighted by Crippen LogP contribution is -2.65. The summed E-state index contributed by atoms with van der Waals surface area (Å²) < 4.78 is 34.2. The van der Waals surface area contributed by atoms with Gasteiger partial charge in [0, 0.05) is 6.07 Å². The Balaban J connectivity index is 2.72. The molecule has 0 saturated carbocycles. The maximum atomic E-state index is 13.1. The van der Waals surface area contributed by atoms with E-state index >= 15 is 0 Å². The minimum atomic E-state index is -1.62. The Kier molecular flexibility index (Phi) is 10.5. The first kappa shape index (κ1) is 33.6. The van der Waals surface area contributed by atoms with Gasteiger partial charge >= 0.3 is 23.9 Å². The van der Waals surface area contributed by atoms with Crippen molar-refractivity contribution in [3.63, 3.8) is 0 Å². The molecule has 0 radical (unpaired) electrons. The number of halogens is 2. The summed E-state index contributed by atoms with van der Waals surface area (Å²) in [6.07, 6.45) is -7.74. The Morgan fingerprint density at radius 1 is 0.700 bits per heavy atom. The minimum absolute atomic E-state index is 0.144. The Labute approximate surface area is 244 Å². The van der Waals surface area contributed by atoms with Gasteiger partial charge in [0.2, 0.25) is 12.4 Å². The number of hydrogen-bond acceptors (Lipinski definition) is 10. The van der Waals surface area contributed by atoms with Crippen molar-refractivity contribution in [3.05, 3.63) is 28.2 Å². The van der Waals surface area contributed by atoms with Gasteiger partial charge in [-0.3, -0.25) is 14.4 Å². The average molecular weight is 606 g/mol. The second kappa shape index (κ2) is 12.5. The summed E-state index contributed by atoms with van der Waals surface area (Å²) in [7, 11) is 1.12. The van der Waals surface area contributed by atoms with Gasteiger partial charge in [0.05, 0.1) is 33.4 Å². The number of ether oxygens (including phenoxy) is 6. The largest absolute Gasteiger partial charge is 0.467 e. The van der Waals surface area contributed by atoms with E-state index < -0.39 is 70.8 Å². The normalized spacial score (nSPS) is 23.6. The van der Waals surface area contributed by atoms with E-state index in [1.165, 1.54) is 18.2 Å². The molecule has 0 aromatic heterocycles. The van der Waals surface area contributed by atoms with Crippen molar-refractivity contribution in [2.24, 2.45) is 16.2 Å². The third-order valence-corrected chi connectivity index (χ3v) is 6.38. The van der Waals surface area contributed by atoms with Crippen molar-refractivity contribution < 1.29 is 47.6 Å². The van der Waals surface area contributed by atoms with Crippen LogP contribution in [0.2, 0.25) is 10.0 Å². The molecule has 0 unspecified atom stereocenters. The Hall–Kier alpha value is -2.56. The summed E-state index contributed by atoms with van der Waals surface area (Å²) in [6.45, 7) is 14.5. The molecule has 0 amide bonds. The van der Waals surface area contributed by atoms with E-state index in [2.05, 4.69) is 0 Å². The zero-order valence-corrected chi connectivity index (χ0v) is 26.0. The predicted octanol–water partition coefficient (Wildman–Crippen LogP) is 5.14. The summed E-state index contributed by atoms with van der Waals surface area (Å²) >= 11 is 12.2. The molecular formula is C28H38Cl2O10. The van der Waals surface area contributed by atoms with Crippen molar-refractivity contribution in [2.45, 2.75) is 93.0 Å². The number of methoxy groups -OCH3 is 1. The van der Waals surface area contributed by atoms with Gasteiger partial charge < -0.3 is 28.4 Å². The van der Waals surface area contributed by atoms with Crippen LogP contribution in [0.4, 0.5) is 0 Å². The number of benzene rings is 1. The van der Waals surface area contributed by atoms with Crippen LogP contribution in [0, 0.1) is 16.2 Å². The van der Waals surface area contributed by atoms with Gasteiger partial charge in [0.15, 0.2) is 18.3 Å². The molecule has 0 aliphatic carbocycles. The first-order valence-corrected chi connectivity index (χ1v) is 13.4. The monoisotopic (exact) mass is 604 g/mol. The zero-order chi connectivity index (χ0) is 30.8. The van der Waals surface area contributed by atoms with Gasteiger partial charge in [-0.2, -0.15) is 0 Å². The summed E-state index contributed by atoms with van der Waals surface area (Å²) in [4.78, 5) is 52.2. The lowest BCUT2D eigenvalue weighted by molar-refractivity contribution is -0.287. The first-order chi connectivity index (χ1) is 18.2. The van der Waals surface area contributed by atoms with Gasteiger partial charge in [-0.15, -0.1) is 0 Å². The van der Waals surface area contributed by atoms with Crippen molar-refractivity contribution in [1.29, 1.82) is 0 Å². The molecule has 224 valence electrons. The Bertz CT molecular complexity index is 1110. The van der Waals surface area contributed by atoms with Crippen molar-refractivity contribution in [1.82, 2.24) is 0 Å². The van der Waals surface area contributed by atoms with E-state index in [0.717, 1.165) is 7.11 Å². The van der Waals surface area contributed by atoms with Crippen LogP contribution in [0.1, 0.15) is 62.3 Å². The van der Waals surface area contributed by atoms with Crippen LogP contribution < -0.4 is 4.74 Å². The molecule has 1 aliphatic rings. The number of carbonyl (C=O) groups is 4. The molecule has 0 N–H and O–H groups in total. The maximum Gasteiger partial charge on any atom is 0.339 e. The Morgan fingerprint density at radius 2 is 1.15 bits per heavy atom. The molecule has 1 aromatic carbocycles. The third kappa shape index (κ3) is 8.47. The quantitative estimate of drug-likeness (QED) is 0.318. The molecule has 1 saturated heterocycles. The van der Waals surface area contributed by atoms with Gasteiger partial charge in [-0.1, -0.05) is 23.2 Å². The summed E-state index contributed by atoms with van der Waals surface area (Å²) in [5, 5.41) is 0.420. The summed E-state index contributed by atoms with van der Waals surface area (Å²) in [6, 6.07) is 4.35. The van der Waals surface area contributed by atoms with E-state index in [4.69, 9.17) is 51.6 Å². The standard InChI is InChI=1S/C28H38Cl2O10/c1-26(2,3)23(32)38-17-18(39-24(33)27(4,5)6)20(40-25(34)28(7,8)9)22(37-19(17)21(31)35-10)36-14-11-12-15(29)16(30)13-14/h11-13,17-20,22H,1-10H3/t17-,18-,19-,20+,22+/m0/s1. The number of rotatable bonds is 6. The second-order valence-corrected chi connectivity index (χ2v) is 13.3. The molecule has 1 fully saturated rings. The molecule has 12 heteroatoms. The van der Waals surface area contributed by atoms with Crippen molar-refractivity contribution in [3.8, 4) is 5.75 Å². The van der Waals surface area contributed by atoms with Crippen LogP contribution in [-0.4, -0.2) is 61.7 Å². The average Bonchev–Trinajstić information content (AvgIpc) is 2.81. The van der Waals surface area contributed by atoms with E-state index in [1.807, 2.05) is 0 Å². The van der Waals surface area contributed by atoms with Crippen LogP contribution >= 0.6 is 23.2 Å². The molecule has 1 aliphatic heterocycles. The predicted molar refractivity (Wildman–Crippen MR) is 146 cm³/mol. The van der Waals surface area contributed by atoms with Crippen molar-refractivity contribution in [2.75, 3.05) is 7.11 Å². The molecular weight excluding hydrogens is 567 g/mol. The van der Waals surface area contributed by atoms with Gasteiger partial charge in [-0.25, -0.2) is 4.79 Å². The number of hydrogen-bond donors (Lipinski definition) is 0. The van der Waals surface area contributed by atoms with Crippen LogP contribution in [0.3, 0.4) is 0 Å². The maximum absolute atomic E-state index is 13.1. The zero-order valence-electron chi connectivity index (χ0n) is 24.5. The third-order valence-electron chi connectivity index (χ3n) is 5.64. The van der Waals surface area contributed by atoms with E-state index in [9.17, 15) is 19.2 Å². The SMILES string of the molecule is COC(=O)[C@H]1O[C@@H](Oc2ccc(Cl)c(Cl)c2)[C@H](OC(=O)C(C)(C)C)[C@@H](OC(=O)C(C)(C)C)[C@@H]1OC(=O)C(C)(C)C. The van der Waals surface area contributed by atoms with Crippen LogP contribution in [0.25, 0.3) is 0 Å². The van der Waals surface area contributed by atoms with E-state index in [1.54, 1.807) is 62.3 Å². The lowest BCUT2D eigenvalue weighted by Gasteiger charge is -2.44. The van der Waals surface area contributed by atoms with Gasteiger partial charge in [0.1, 0.15) is 5.75 Å². The molecule has 5 atom stereocenters. The number of carbonyl (C=O) groups excluding carboxylic acids is 4. The highest BCUT2D eigenvalue weighted by atomic mass is 35.5. The van der Waals surface area contributed by atoms with E-state index in [-0.39, 0.29) is 15.8 Å². The second-order valence-electron chi connectivity index (χ2n) is 12.5. The number of esters is 4. The van der Waals surface area contributed by atoms with Crippen LogP contribution in [0.5, 0.6) is 5.75 Å². The van der Waals surface area contributed by atoms with Gasteiger partial charge in [0.25, 0.3) is 0 Å². The fourth-order valence-electron chi connectivity index (χ4n) is 3.19. The van der Waals surface area contributed by atoms with Gasteiger partial charge in [-0.05, 0) is 74.4 Å². The highest BCUT2D eigenvalue weighted by molar-refractivity contribution is 6.42. The van der Waals surface area contributed by atoms with Crippen LogP contribution in [0.15, 0.2) is 18.2 Å². The molecule has 0 spiro atoms.